The third-order valence-corrected chi connectivity index (χ3v) is 11.2. The maximum atomic E-state index is 13.2. The first-order valence-corrected chi connectivity index (χ1v) is 25.5. The Bertz CT molecular complexity index is 2680. The number of ether oxygens (including phenoxy) is 5. The summed E-state index contributed by atoms with van der Waals surface area (Å²) in [5, 5.41) is 38.5. The molecule has 3 heterocycles. The van der Waals surface area contributed by atoms with Crippen LogP contribution in [0.3, 0.4) is 0 Å². The molecular formula is C52H68Cs2F10N6O16. The molecular weight excluding hydrogens is 1420 g/mol. The van der Waals surface area contributed by atoms with E-state index in [0.29, 0.717) is 82.9 Å². The number of halogens is 10. The number of nitrogen functional groups attached to an aromatic ring is 1. The van der Waals surface area contributed by atoms with Crippen LogP contribution in [0.1, 0.15) is 119 Å². The molecule has 3 N–H and O–H groups in total. The second-order valence-corrected chi connectivity index (χ2v) is 21.6. The van der Waals surface area contributed by atoms with Crippen LogP contribution >= 0.6 is 0 Å². The van der Waals surface area contributed by atoms with Crippen molar-refractivity contribution in [3.8, 4) is 11.5 Å². The van der Waals surface area contributed by atoms with Crippen molar-refractivity contribution in [2.45, 2.75) is 154 Å². The minimum atomic E-state index is -4.92. The molecule has 0 aromatic heterocycles. The summed E-state index contributed by atoms with van der Waals surface area (Å²) in [7, 11) is 0. The number of non-ortho nitro benzene ring substituents is 2. The average molecular weight is 1490 g/mol. The van der Waals surface area contributed by atoms with Crippen LogP contribution in [-0.2, 0) is 42.4 Å². The molecule has 3 aliphatic heterocycles. The summed E-state index contributed by atoms with van der Waals surface area (Å²) in [5.74, 6) is -2.22. The first-order chi connectivity index (χ1) is 38.4. The standard InChI is InChI=1S/C17H21F3N2O5.C17H23F3N2O3.C10H19NO3.C7H3F4NO2.CH2O3.2Cs.H/c1-16(2,3)27-15(23)21-8-6-12(7-9-21)26-14-5-4-11(22(24)25)10-13(14)17(18,19)20;1-16(2,3)25-15(23)22-8-6-12(7-9-22)24-14-5-4-11(21)10-13(14)17(18,19)20;1-10(2,3)14-9(13)11-6-4-8(12)5-7-11;8-6-2-1-4(12(13)14)3-5(6)7(9,10)11;2-1-4-3;;;/h4-5,10,12H,6-9H2,1-3H3;4-5,10,12H,6-9,21H2,1-3H3;8,12H,4-7H2,1-3H3;1-3H;1,3H;;;/q;;;;;2*+1;-1/p-1. The van der Waals surface area contributed by atoms with Crippen LogP contribution in [0.2, 0.25) is 0 Å². The number of hydrogen-bond donors (Lipinski definition) is 2. The Balaban J connectivity index is 0. The summed E-state index contributed by atoms with van der Waals surface area (Å²) >= 11 is 0. The number of aliphatic hydroxyl groups excluding tert-OH is 1. The third kappa shape index (κ3) is 31.3. The van der Waals surface area contributed by atoms with E-state index in [1.54, 1.807) is 51.3 Å². The fraction of sp³-hybridized carbons (Fsp3) is 0.577. The molecule has 3 fully saturated rings. The van der Waals surface area contributed by atoms with Gasteiger partial charge in [-0.15, -0.1) is 0 Å². The smallest absolute Gasteiger partial charge is 1.00 e. The number of nitrogens with zero attached hydrogens (tertiary/aromatic N) is 5. The van der Waals surface area contributed by atoms with Crippen LogP contribution < -0.4 is 158 Å². The molecule has 3 aromatic carbocycles. The van der Waals surface area contributed by atoms with E-state index >= 15 is 0 Å². The summed E-state index contributed by atoms with van der Waals surface area (Å²) in [6, 6.07) is 7.12. The van der Waals surface area contributed by atoms with E-state index in [-0.39, 0.29) is 188 Å². The molecule has 3 amide bonds. The number of carbonyl (C=O) groups excluding carboxylic acids is 4. The van der Waals surface area contributed by atoms with Gasteiger partial charge < -0.3 is 60.8 Å². The average Bonchev–Trinajstić information content (AvgIpc) is 2.48. The first kappa shape index (κ1) is 82.5. The molecule has 0 bridgehead atoms. The number of nitrogens with two attached hydrogens (primary N) is 1. The van der Waals surface area contributed by atoms with E-state index < -0.39 is 109 Å². The van der Waals surface area contributed by atoms with Crippen molar-refractivity contribution in [3.05, 3.63) is 97.3 Å². The molecule has 0 saturated carbocycles. The van der Waals surface area contributed by atoms with Crippen molar-refractivity contribution in [2.24, 2.45) is 0 Å². The molecule has 0 aliphatic carbocycles. The van der Waals surface area contributed by atoms with Crippen LogP contribution in [0.5, 0.6) is 11.5 Å². The number of aliphatic hydroxyl groups is 1. The number of rotatable bonds is 7. The molecule has 22 nitrogen and oxygen atoms in total. The summed E-state index contributed by atoms with van der Waals surface area (Å²) in [6.07, 6.45) is -13.8. The van der Waals surface area contributed by atoms with E-state index in [1.807, 2.05) is 20.8 Å². The molecule has 0 radical (unpaired) electrons. The van der Waals surface area contributed by atoms with E-state index in [4.69, 9.17) is 39.5 Å². The van der Waals surface area contributed by atoms with Gasteiger partial charge in [0.2, 0.25) is 0 Å². The van der Waals surface area contributed by atoms with Gasteiger partial charge in [-0.05, 0) is 105 Å². The number of alkyl halides is 9. The van der Waals surface area contributed by atoms with Crippen molar-refractivity contribution >= 4 is 41.8 Å². The molecule has 3 aromatic rings. The van der Waals surface area contributed by atoms with Crippen molar-refractivity contribution in [1.29, 1.82) is 0 Å². The van der Waals surface area contributed by atoms with Crippen molar-refractivity contribution in [2.75, 3.05) is 45.0 Å². The topological polar surface area (TPSA) is 289 Å². The Morgan fingerprint density at radius 2 is 0.849 bits per heavy atom. The molecule has 0 unspecified atom stereocenters. The predicted octanol–water partition coefficient (Wildman–Crippen LogP) is 5.14. The van der Waals surface area contributed by atoms with Crippen molar-refractivity contribution in [1.82, 2.24) is 14.7 Å². The monoisotopic (exact) mass is 1490 g/mol. The van der Waals surface area contributed by atoms with Crippen molar-refractivity contribution < 1.29 is 251 Å². The Morgan fingerprint density at radius 3 is 1.15 bits per heavy atom. The zero-order valence-corrected chi connectivity index (χ0v) is 61.7. The van der Waals surface area contributed by atoms with Gasteiger partial charge in [0.15, 0.2) is 0 Å². The zero-order chi connectivity index (χ0) is 64.3. The van der Waals surface area contributed by atoms with Crippen LogP contribution in [0, 0.1) is 26.0 Å². The number of amides is 3. The maximum absolute atomic E-state index is 13.2. The molecule has 3 saturated heterocycles. The quantitative estimate of drug-likeness (QED) is 0.0588. The van der Waals surface area contributed by atoms with E-state index in [0.717, 1.165) is 18.2 Å². The van der Waals surface area contributed by atoms with Gasteiger partial charge in [0.05, 0.1) is 27.1 Å². The van der Waals surface area contributed by atoms with E-state index in [1.165, 1.54) is 17.0 Å². The minimum absolute atomic E-state index is 0. The van der Waals surface area contributed by atoms with Crippen LogP contribution in [0.25, 0.3) is 0 Å². The summed E-state index contributed by atoms with van der Waals surface area (Å²) < 4.78 is 154. The Morgan fingerprint density at radius 1 is 0.558 bits per heavy atom. The van der Waals surface area contributed by atoms with E-state index in [9.17, 15) is 83.6 Å². The number of benzene rings is 3. The molecule has 0 spiro atoms. The van der Waals surface area contributed by atoms with Crippen LogP contribution in [0.4, 0.5) is 75.3 Å². The number of anilines is 1. The number of likely N-dealkylation sites (tertiary alicyclic amines) is 3. The first-order valence-electron chi connectivity index (χ1n) is 25.5. The molecule has 0 atom stereocenters. The molecule has 86 heavy (non-hydrogen) atoms. The molecule has 6 rings (SSSR count). The second-order valence-electron chi connectivity index (χ2n) is 21.6. The zero-order valence-electron chi connectivity index (χ0n) is 50.2. The van der Waals surface area contributed by atoms with Gasteiger partial charge in [-0.1, -0.05) is 0 Å². The fourth-order valence-corrected chi connectivity index (χ4v) is 7.37. The minimum Gasteiger partial charge on any atom is -1.00 e. The number of carbonyl (C=O) groups is 4. The summed E-state index contributed by atoms with van der Waals surface area (Å²) in [6.45, 7) is 18.4. The van der Waals surface area contributed by atoms with E-state index in [2.05, 4.69) is 4.89 Å². The van der Waals surface area contributed by atoms with Gasteiger partial charge in [0.25, 0.3) is 17.8 Å². The molecule has 474 valence electrons. The van der Waals surface area contributed by atoms with Gasteiger partial charge >= 0.3 is 175 Å². The fourth-order valence-electron chi connectivity index (χ4n) is 7.37. The van der Waals surface area contributed by atoms with Gasteiger partial charge in [0, 0.05) is 94.9 Å². The van der Waals surface area contributed by atoms with Gasteiger partial charge in [-0.25, -0.2) is 18.8 Å². The number of hydrogen-bond acceptors (Lipinski definition) is 17. The normalized spacial score (nSPS) is 15.2. The van der Waals surface area contributed by atoms with Crippen LogP contribution in [-0.4, -0.2) is 129 Å². The molecule has 3 aliphatic rings. The Kier molecular flexibility index (Phi) is 34.9. The van der Waals surface area contributed by atoms with Crippen LogP contribution in [0.15, 0.2) is 54.6 Å². The SMILES string of the molecule is CC(C)(C)OC(=O)N1CCC(O)CC1.CC(C)(C)OC(=O)N1CCC(Oc2ccc(N)cc2C(F)(F)F)CC1.CC(C)(C)OC(=O)N1CCC(Oc2ccc([N+](=O)[O-])cc2C(F)(F)F)CC1.O=CO[O-].O=[N+]([O-])c1ccc(F)c(C(F)(F)F)c1.[Cs+].[Cs+].[H-]. The Hall–Kier alpha value is -3.54. The summed E-state index contributed by atoms with van der Waals surface area (Å²) in [5.41, 5.74) is -1.35. The summed E-state index contributed by atoms with van der Waals surface area (Å²) in [4.78, 5) is 70.4. The van der Waals surface area contributed by atoms with Gasteiger partial charge in [-0.3, -0.25) is 25.0 Å². The largest absolute Gasteiger partial charge is 1.00 e. The molecule has 34 heteroatoms. The number of nitro groups is 2. The third-order valence-electron chi connectivity index (χ3n) is 11.2. The maximum Gasteiger partial charge on any atom is 1.00 e. The Labute approximate surface area is 607 Å². The van der Waals surface area contributed by atoms with Crippen molar-refractivity contribution in [3.63, 3.8) is 0 Å². The predicted molar refractivity (Wildman–Crippen MR) is 276 cm³/mol. The van der Waals surface area contributed by atoms with Gasteiger partial charge in [-0.2, -0.15) is 39.5 Å². The van der Waals surface area contributed by atoms with Gasteiger partial charge in [0.1, 0.15) is 51.9 Å². The second kappa shape index (κ2) is 36.3. The number of nitro benzene ring substituents is 2. The number of piperidine rings is 3.